The Morgan fingerprint density at radius 2 is 2.05 bits per heavy atom. The van der Waals surface area contributed by atoms with Crippen molar-refractivity contribution in [2.24, 2.45) is 12.9 Å². The summed E-state index contributed by atoms with van der Waals surface area (Å²) in [7, 11) is 1.91. The van der Waals surface area contributed by atoms with Crippen LogP contribution in [0.3, 0.4) is 0 Å². The van der Waals surface area contributed by atoms with Crippen molar-refractivity contribution in [2.75, 3.05) is 0 Å². The molecule has 0 bridgehead atoms. The van der Waals surface area contributed by atoms with E-state index in [4.69, 9.17) is 5.84 Å². The molecule has 5 heteroatoms. The van der Waals surface area contributed by atoms with Gasteiger partial charge >= 0.3 is 0 Å². The summed E-state index contributed by atoms with van der Waals surface area (Å²) >= 11 is 0. The summed E-state index contributed by atoms with van der Waals surface area (Å²) in [6.07, 6.45) is 1.77. The molecule has 102 valence electrons. The normalized spacial score (nSPS) is 12.8. The number of aryl methyl sites for hydroxylation is 2. The smallest absolute Gasteiger partial charge is 0.0878 e. The number of nitrogens with one attached hydrogen (secondary N) is 1. The highest BCUT2D eigenvalue weighted by Gasteiger charge is 2.16. The maximum atomic E-state index is 5.73. The minimum Gasteiger partial charge on any atom is -0.271 e. The van der Waals surface area contributed by atoms with Crippen LogP contribution in [-0.4, -0.2) is 14.8 Å². The predicted octanol–water partition coefficient (Wildman–Crippen LogP) is 1.83. The highest BCUT2D eigenvalue weighted by Crippen LogP contribution is 2.24. The quantitative estimate of drug-likeness (QED) is 0.561. The van der Waals surface area contributed by atoms with Gasteiger partial charge in [0.15, 0.2) is 0 Å². The Kier molecular flexibility index (Phi) is 3.22. The number of hydrazine groups is 1. The highest BCUT2D eigenvalue weighted by molar-refractivity contribution is 5.79. The molecule has 5 nitrogen and oxygen atoms in total. The SMILES string of the molecule is Cc1ccc2cc(C(NN)c3ccnn3C)ccc2n1. The molecule has 0 aliphatic rings. The molecule has 0 saturated carbocycles. The molecule has 0 saturated heterocycles. The predicted molar refractivity (Wildman–Crippen MR) is 78.9 cm³/mol. The van der Waals surface area contributed by atoms with E-state index in [2.05, 4.69) is 27.6 Å². The number of benzene rings is 1. The maximum absolute atomic E-state index is 5.73. The third-order valence-corrected chi connectivity index (χ3v) is 3.51. The molecule has 0 fully saturated rings. The summed E-state index contributed by atoms with van der Waals surface area (Å²) in [5.41, 5.74) is 6.98. The Labute approximate surface area is 117 Å². The number of aromatic nitrogens is 3. The monoisotopic (exact) mass is 267 g/mol. The summed E-state index contributed by atoms with van der Waals surface area (Å²) in [6, 6.07) is 12.2. The lowest BCUT2D eigenvalue weighted by Crippen LogP contribution is -2.30. The fourth-order valence-electron chi connectivity index (χ4n) is 2.45. The van der Waals surface area contributed by atoms with E-state index in [1.54, 1.807) is 6.20 Å². The molecule has 1 atom stereocenters. The first-order chi connectivity index (χ1) is 9.69. The molecule has 3 N–H and O–H groups in total. The second-order valence-corrected chi connectivity index (χ2v) is 4.88. The van der Waals surface area contributed by atoms with Crippen LogP contribution in [0, 0.1) is 6.92 Å². The van der Waals surface area contributed by atoms with Gasteiger partial charge in [0, 0.05) is 24.3 Å². The minimum absolute atomic E-state index is 0.0896. The first-order valence-electron chi connectivity index (χ1n) is 6.50. The second-order valence-electron chi connectivity index (χ2n) is 4.88. The molecule has 2 heterocycles. The van der Waals surface area contributed by atoms with E-state index in [1.807, 2.05) is 42.9 Å². The Morgan fingerprint density at radius 3 is 2.75 bits per heavy atom. The van der Waals surface area contributed by atoms with Gasteiger partial charge in [0.25, 0.3) is 0 Å². The molecule has 3 rings (SSSR count). The van der Waals surface area contributed by atoms with Gasteiger partial charge in [-0.15, -0.1) is 0 Å². The molecular formula is C15H17N5. The van der Waals surface area contributed by atoms with Gasteiger partial charge in [-0.1, -0.05) is 12.1 Å². The number of nitrogens with two attached hydrogens (primary N) is 1. The summed E-state index contributed by atoms with van der Waals surface area (Å²) in [4.78, 5) is 4.51. The molecule has 0 aliphatic heterocycles. The van der Waals surface area contributed by atoms with Gasteiger partial charge in [-0.05, 0) is 36.8 Å². The minimum atomic E-state index is -0.0896. The number of hydrogen-bond acceptors (Lipinski definition) is 4. The third kappa shape index (κ3) is 2.17. The van der Waals surface area contributed by atoms with E-state index in [-0.39, 0.29) is 6.04 Å². The van der Waals surface area contributed by atoms with Gasteiger partial charge in [-0.25, -0.2) is 5.43 Å². The molecule has 0 aliphatic carbocycles. The van der Waals surface area contributed by atoms with E-state index < -0.39 is 0 Å². The molecule has 0 spiro atoms. The van der Waals surface area contributed by atoms with Crippen molar-refractivity contribution >= 4 is 10.9 Å². The summed E-state index contributed by atoms with van der Waals surface area (Å²) in [5.74, 6) is 5.73. The Hall–Kier alpha value is -2.24. The Balaban J connectivity index is 2.08. The fourth-order valence-corrected chi connectivity index (χ4v) is 2.45. The third-order valence-electron chi connectivity index (χ3n) is 3.51. The van der Waals surface area contributed by atoms with E-state index in [0.717, 1.165) is 27.9 Å². The molecule has 0 amide bonds. The number of hydrogen-bond donors (Lipinski definition) is 2. The number of nitrogens with zero attached hydrogens (tertiary/aromatic N) is 3. The van der Waals surface area contributed by atoms with Crippen molar-refractivity contribution in [1.29, 1.82) is 0 Å². The van der Waals surface area contributed by atoms with Crippen LogP contribution in [0.15, 0.2) is 42.6 Å². The molecule has 2 aromatic heterocycles. The van der Waals surface area contributed by atoms with Crippen LogP contribution in [0.5, 0.6) is 0 Å². The lowest BCUT2D eigenvalue weighted by atomic mass is 10.0. The van der Waals surface area contributed by atoms with E-state index in [9.17, 15) is 0 Å². The van der Waals surface area contributed by atoms with Crippen molar-refractivity contribution in [3.8, 4) is 0 Å². The molecule has 1 aromatic carbocycles. The number of fused-ring (bicyclic) bond motifs is 1. The highest BCUT2D eigenvalue weighted by atomic mass is 15.3. The lowest BCUT2D eigenvalue weighted by molar-refractivity contribution is 0.575. The van der Waals surface area contributed by atoms with Gasteiger partial charge in [0.05, 0.1) is 17.3 Å². The zero-order valence-corrected chi connectivity index (χ0v) is 11.5. The molecule has 0 radical (unpaired) electrons. The van der Waals surface area contributed by atoms with Crippen LogP contribution in [0.25, 0.3) is 10.9 Å². The summed E-state index contributed by atoms with van der Waals surface area (Å²) < 4.78 is 1.82. The number of rotatable bonds is 3. The zero-order chi connectivity index (χ0) is 14.1. The van der Waals surface area contributed by atoms with Gasteiger partial charge in [-0.2, -0.15) is 5.10 Å². The summed E-state index contributed by atoms with van der Waals surface area (Å²) in [6.45, 7) is 1.99. The van der Waals surface area contributed by atoms with Crippen LogP contribution < -0.4 is 11.3 Å². The van der Waals surface area contributed by atoms with Crippen molar-refractivity contribution < 1.29 is 0 Å². The van der Waals surface area contributed by atoms with Gasteiger partial charge < -0.3 is 0 Å². The average molecular weight is 267 g/mol. The van der Waals surface area contributed by atoms with Crippen molar-refractivity contribution in [3.63, 3.8) is 0 Å². The van der Waals surface area contributed by atoms with Crippen LogP contribution >= 0.6 is 0 Å². The van der Waals surface area contributed by atoms with E-state index >= 15 is 0 Å². The van der Waals surface area contributed by atoms with Crippen molar-refractivity contribution in [1.82, 2.24) is 20.2 Å². The van der Waals surface area contributed by atoms with E-state index in [0.29, 0.717) is 0 Å². The topological polar surface area (TPSA) is 68.8 Å². The van der Waals surface area contributed by atoms with Gasteiger partial charge in [0.2, 0.25) is 0 Å². The fraction of sp³-hybridized carbons (Fsp3) is 0.200. The average Bonchev–Trinajstić information content (AvgIpc) is 2.86. The van der Waals surface area contributed by atoms with E-state index in [1.165, 1.54) is 0 Å². The largest absolute Gasteiger partial charge is 0.271 e. The maximum Gasteiger partial charge on any atom is 0.0878 e. The number of pyridine rings is 1. The zero-order valence-electron chi connectivity index (χ0n) is 11.5. The molecule has 1 unspecified atom stereocenters. The molecular weight excluding hydrogens is 250 g/mol. The van der Waals surface area contributed by atoms with Crippen molar-refractivity contribution in [3.05, 3.63) is 59.5 Å². The van der Waals surface area contributed by atoms with Gasteiger partial charge in [0.1, 0.15) is 0 Å². The summed E-state index contributed by atoms with van der Waals surface area (Å²) in [5, 5.41) is 5.30. The molecule has 3 aromatic rings. The van der Waals surface area contributed by atoms with Gasteiger partial charge in [-0.3, -0.25) is 15.5 Å². The lowest BCUT2D eigenvalue weighted by Gasteiger charge is -2.17. The van der Waals surface area contributed by atoms with Crippen LogP contribution in [0.4, 0.5) is 0 Å². The Bertz CT molecular complexity index is 747. The van der Waals surface area contributed by atoms with Crippen LogP contribution in [0.2, 0.25) is 0 Å². The van der Waals surface area contributed by atoms with Crippen LogP contribution in [-0.2, 0) is 7.05 Å². The second kappa shape index (κ2) is 5.03. The first-order valence-corrected chi connectivity index (χ1v) is 6.50. The molecule has 20 heavy (non-hydrogen) atoms. The van der Waals surface area contributed by atoms with Crippen LogP contribution in [0.1, 0.15) is 23.0 Å². The van der Waals surface area contributed by atoms with Crippen molar-refractivity contribution in [2.45, 2.75) is 13.0 Å². The first kappa shape index (κ1) is 12.8. The standard InChI is InChI=1S/C15H17N5/c1-10-3-4-11-9-12(5-6-13(11)18-10)15(19-16)14-7-8-17-20(14)2/h3-9,15,19H,16H2,1-2H3. The Morgan fingerprint density at radius 1 is 1.20 bits per heavy atom.